The number of esters is 2. The summed E-state index contributed by atoms with van der Waals surface area (Å²) in [5.74, 6) is -1.21. The minimum atomic E-state index is -0.718. The highest BCUT2D eigenvalue weighted by Gasteiger charge is 2.19. The predicted octanol–water partition coefficient (Wildman–Crippen LogP) is 1.77. The van der Waals surface area contributed by atoms with E-state index in [1.54, 1.807) is 32.3 Å². The van der Waals surface area contributed by atoms with Crippen LogP contribution in [-0.4, -0.2) is 50.3 Å². The van der Waals surface area contributed by atoms with Crippen molar-refractivity contribution in [3.8, 4) is 0 Å². The molecular formula is C19H29NO6. The minimum absolute atomic E-state index is 0.0440. The van der Waals surface area contributed by atoms with Gasteiger partial charge in [0, 0.05) is 25.4 Å². The summed E-state index contributed by atoms with van der Waals surface area (Å²) in [5, 5.41) is 2.61. The molecule has 1 N–H and O–H groups in total. The summed E-state index contributed by atoms with van der Waals surface area (Å²) in [6.45, 7) is 5.68. The van der Waals surface area contributed by atoms with Gasteiger partial charge < -0.3 is 19.5 Å². The Hall–Kier alpha value is -2.15. The lowest BCUT2D eigenvalue weighted by atomic mass is 10.0. The van der Waals surface area contributed by atoms with Crippen LogP contribution in [0.25, 0.3) is 0 Å². The standard InChI is InChI=1S/C19H29NO6/c1-13-7-5-10-18(22)25-12-16(24-4)14(2)8-6-9-17(21)20-15(3)19(23)26-11-13/h5-8,13-16H,9-12H2,1-4H3,(H,20,21)/b7-5+,8-6+/t13-,14+,15-,16+/m0/s1. The monoisotopic (exact) mass is 367 g/mol. The lowest BCUT2D eigenvalue weighted by molar-refractivity contribution is -0.148. The SMILES string of the molecule is CO[C@@H]1COC(=O)C/C=C/[C@H](C)COC(=O)[C@H](C)NC(=O)C/C=C/[C@H]1C. The summed E-state index contributed by atoms with van der Waals surface area (Å²) < 4.78 is 15.8. The molecule has 1 rings (SSSR count). The number of hydrogen-bond acceptors (Lipinski definition) is 6. The van der Waals surface area contributed by atoms with Crippen molar-refractivity contribution >= 4 is 17.8 Å². The molecule has 7 heteroatoms. The highest BCUT2D eigenvalue weighted by Crippen LogP contribution is 2.11. The van der Waals surface area contributed by atoms with Gasteiger partial charge in [-0.15, -0.1) is 0 Å². The molecule has 0 aromatic heterocycles. The van der Waals surface area contributed by atoms with Crippen LogP contribution >= 0.6 is 0 Å². The van der Waals surface area contributed by atoms with Gasteiger partial charge in [-0.1, -0.05) is 38.2 Å². The van der Waals surface area contributed by atoms with Gasteiger partial charge >= 0.3 is 11.9 Å². The molecule has 0 aromatic carbocycles. The molecule has 4 atom stereocenters. The maximum atomic E-state index is 11.9. The first kappa shape index (κ1) is 21.9. The maximum absolute atomic E-state index is 11.9. The van der Waals surface area contributed by atoms with Crippen molar-refractivity contribution in [1.82, 2.24) is 5.32 Å². The average molecular weight is 367 g/mol. The van der Waals surface area contributed by atoms with Crippen LogP contribution in [0, 0.1) is 11.8 Å². The molecule has 1 aliphatic rings. The fourth-order valence-electron chi connectivity index (χ4n) is 2.33. The summed E-state index contributed by atoms with van der Waals surface area (Å²) >= 11 is 0. The maximum Gasteiger partial charge on any atom is 0.328 e. The molecule has 0 saturated carbocycles. The highest BCUT2D eigenvalue weighted by molar-refractivity contribution is 5.84. The Morgan fingerprint density at radius 2 is 1.69 bits per heavy atom. The van der Waals surface area contributed by atoms with Crippen LogP contribution in [0.2, 0.25) is 0 Å². The Morgan fingerprint density at radius 1 is 1.00 bits per heavy atom. The molecule has 0 aromatic rings. The van der Waals surface area contributed by atoms with Crippen LogP contribution in [-0.2, 0) is 28.6 Å². The number of methoxy groups -OCH3 is 1. The van der Waals surface area contributed by atoms with Crippen molar-refractivity contribution in [1.29, 1.82) is 0 Å². The van der Waals surface area contributed by atoms with Gasteiger partial charge in [-0.3, -0.25) is 9.59 Å². The number of carbonyl (C=O) groups is 3. The number of rotatable bonds is 1. The van der Waals surface area contributed by atoms with E-state index in [-0.39, 0.29) is 55.9 Å². The van der Waals surface area contributed by atoms with Crippen LogP contribution in [0.4, 0.5) is 0 Å². The molecule has 1 aliphatic heterocycles. The second kappa shape index (κ2) is 11.5. The van der Waals surface area contributed by atoms with Crippen LogP contribution in [0.1, 0.15) is 33.6 Å². The van der Waals surface area contributed by atoms with Gasteiger partial charge in [0.2, 0.25) is 5.91 Å². The molecule has 0 aliphatic carbocycles. The first-order valence-corrected chi connectivity index (χ1v) is 8.81. The van der Waals surface area contributed by atoms with Gasteiger partial charge in [0.1, 0.15) is 12.6 Å². The molecule has 1 heterocycles. The Labute approximate surface area is 154 Å². The van der Waals surface area contributed by atoms with E-state index in [1.165, 1.54) is 0 Å². The fourth-order valence-corrected chi connectivity index (χ4v) is 2.33. The Kier molecular flexibility index (Phi) is 9.65. The second-order valence-corrected chi connectivity index (χ2v) is 6.48. The third-order valence-electron chi connectivity index (χ3n) is 4.01. The van der Waals surface area contributed by atoms with E-state index in [0.717, 1.165) is 0 Å². The number of carbonyl (C=O) groups excluding carboxylic acids is 3. The number of hydrogen-bond donors (Lipinski definition) is 1. The van der Waals surface area contributed by atoms with Crippen molar-refractivity contribution in [2.45, 2.75) is 45.8 Å². The van der Waals surface area contributed by atoms with Gasteiger partial charge in [0.25, 0.3) is 0 Å². The Morgan fingerprint density at radius 3 is 2.38 bits per heavy atom. The summed E-state index contributed by atoms with van der Waals surface area (Å²) in [4.78, 5) is 35.6. The van der Waals surface area contributed by atoms with E-state index in [0.29, 0.717) is 0 Å². The number of nitrogens with one attached hydrogen (secondary N) is 1. The quantitative estimate of drug-likeness (QED) is 0.561. The molecule has 146 valence electrons. The molecule has 7 nitrogen and oxygen atoms in total. The van der Waals surface area contributed by atoms with Crippen LogP contribution in [0.3, 0.4) is 0 Å². The van der Waals surface area contributed by atoms with Crippen LogP contribution in [0.15, 0.2) is 24.3 Å². The van der Waals surface area contributed by atoms with Gasteiger partial charge in [0.05, 0.1) is 19.1 Å². The van der Waals surface area contributed by atoms with E-state index >= 15 is 0 Å². The zero-order chi connectivity index (χ0) is 19.5. The molecular weight excluding hydrogens is 338 g/mol. The molecule has 0 spiro atoms. The molecule has 1 amide bonds. The van der Waals surface area contributed by atoms with E-state index in [2.05, 4.69) is 5.32 Å². The summed E-state index contributed by atoms with van der Waals surface area (Å²) in [5.41, 5.74) is 0. The largest absolute Gasteiger partial charge is 0.464 e. The molecule has 0 saturated heterocycles. The molecule has 0 unspecified atom stereocenters. The first-order valence-electron chi connectivity index (χ1n) is 8.81. The lowest BCUT2D eigenvalue weighted by Gasteiger charge is -2.20. The van der Waals surface area contributed by atoms with E-state index in [4.69, 9.17) is 14.2 Å². The van der Waals surface area contributed by atoms with Gasteiger partial charge in [-0.25, -0.2) is 4.79 Å². The number of ether oxygens (including phenoxy) is 3. The van der Waals surface area contributed by atoms with Crippen molar-refractivity contribution < 1.29 is 28.6 Å². The average Bonchev–Trinajstić information content (AvgIpc) is 2.59. The summed E-state index contributed by atoms with van der Waals surface area (Å²) in [6.07, 6.45) is 7.01. The van der Waals surface area contributed by atoms with Crippen molar-refractivity contribution in [3.05, 3.63) is 24.3 Å². The predicted molar refractivity (Wildman–Crippen MR) is 96.2 cm³/mol. The van der Waals surface area contributed by atoms with Gasteiger partial charge in [0.15, 0.2) is 0 Å². The molecule has 0 bridgehead atoms. The second-order valence-electron chi connectivity index (χ2n) is 6.48. The minimum Gasteiger partial charge on any atom is -0.464 e. The van der Waals surface area contributed by atoms with Crippen molar-refractivity contribution in [2.75, 3.05) is 20.3 Å². The summed E-state index contributed by atoms with van der Waals surface area (Å²) in [6, 6.07) is -0.718. The zero-order valence-corrected chi connectivity index (χ0v) is 15.9. The summed E-state index contributed by atoms with van der Waals surface area (Å²) in [7, 11) is 1.55. The number of cyclic esters (lactones) is 2. The first-order chi connectivity index (χ1) is 12.3. The Bertz CT molecular complexity index is 542. The number of amides is 1. The molecule has 0 radical (unpaired) electrons. The van der Waals surface area contributed by atoms with Gasteiger partial charge in [-0.2, -0.15) is 0 Å². The normalized spacial score (nSPS) is 32.4. The van der Waals surface area contributed by atoms with Crippen molar-refractivity contribution in [3.63, 3.8) is 0 Å². The fraction of sp³-hybridized carbons (Fsp3) is 0.632. The van der Waals surface area contributed by atoms with E-state index < -0.39 is 12.0 Å². The molecule has 26 heavy (non-hydrogen) atoms. The van der Waals surface area contributed by atoms with E-state index in [1.807, 2.05) is 19.9 Å². The molecule has 0 fully saturated rings. The van der Waals surface area contributed by atoms with Gasteiger partial charge in [-0.05, 0) is 6.92 Å². The zero-order valence-electron chi connectivity index (χ0n) is 15.9. The Balaban J connectivity index is 2.80. The lowest BCUT2D eigenvalue weighted by Crippen LogP contribution is -2.39. The van der Waals surface area contributed by atoms with Crippen LogP contribution in [0.5, 0.6) is 0 Å². The highest BCUT2D eigenvalue weighted by atomic mass is 16.6. The van der Waals surface area contributed by atoms with Crippen molar-refractivity contribution in [2.24, 2.45) is 11.8 Å². The smallest absolute Gasteiger partial charge is 0.328 e. The topological polar surface area (TPSA) is 90.9 Å². The third-order valence-corrected chi connectivity index (χ3v) is 4.01. The van der Waals surface area contributed by atoms with Crippen LogP contribution < -0.4 is 5.32 Å². The third kappa shape index (κ3) is 8.29. The van der Waals surface area contributed by atoms with E-state index in [9.17, 15) is 14.4 Å².